The fourth-order valence-corrected chi connectivity index (χ4v) is 1.39. The van der Waals surface area contributed by atoms with Gasteiger partial charge in [-0.1, -0.05) is 6.07 Å². The molecule has 0 radical (unpaired) electrons. The van der Waals surface area contributed by atoms with Crippen molar-refractivity contribution < 1.29 is 14.8 Å². The van der Waals surface area contributed by atoms with Gasteiger partial charge in [-0.05, 0) is 11.5 Å². The van der Waals surface area contributed by atoms with Crippen LogP contribution in [0.2, 0.25) is 0 Å². The number of fused-ring (bicyclic) bond motifs is 1. The zero-order valence-electron chi connectivity index (χ0n) is 7.14. The Kier molecular flexibility index (Phi) is 2.07. The van der Waals surface area contributed by atoms with E-state index in [2.05, 4.69) is 9.97 Å². The molecule has 5 nitrogen and oxygen atoms in total. The lowest BCUT2D eigenvalue weighted by Gasteiger charge is -2.02. The van der Waals surface area contributed by atoms with Crippen molar-refractivity contribution >= 4 is 29.9 Å². The van der Waals surface area contributed by atoms with Crippen LogP contribution in [0.25, 0.3) is 11.0 Å². The van der Waals surface area contributed by atoms with Crippen molar-refractivity contribution in [2.24, 2.45) is 0 Å². The molecule has 1 aromatic carbocycles. The van der Waals surface area contributed by atoms with Crippen LogP contribution >= 0.6 is 0 Å². The first-order valence-corrected chi connectivity index (χ1v) is 4.01. The summed E-state index contributed by atoms with van der Waals surface area (Å²) >= 11 is 0. The minimum Gasteiger partial charge on any atom is -0.423 e. The largest absolute Gasteiger partial charge is 0.489 e. The molecule has 14 heavy (non-hydrogen) atoms. The fraction of sp³-hybridized carbons (Fsp3) is 0. The molecule has 3 N–H and O–H groups in total. The van der Waals surface area contributed by atoms with E-state index in [1.54, 1.807) is 6.07 Å². The smallest absolute Gasteiger partial charge is 0.423 e. The van der Waals surface area contributed by atoms with Crippen molar-refractivity contribution in [2.75, 3.05) is 0 Å². The highest BCUT2D eigenvalue weighted by Gasteiger charge is 2.18. The van der Waals surface area contributed by atoms with Gasteiger partial charge in [0.2, 0.25) is 0 Å². The van der Waals surface area contributed by atoms with E-state index in [0.29, 0.717) is 17.3 Å². The SMILES string of the molecule is O=Cc1c(B(O)O)ccc2[nH]cnc12. The monoisotopic (exact) mass is 190 g/mol. The molecule has 0 aliphatic heterocycles. The number of hydrogen-bond donors (Lipinski definition) is 3. The number of rotatable bonds is 2. The second kappa shape index (κ2) is 3.24. The first-order chi connectivity index (χ1) is 6.74. The number of carbonyl (C=O) groups is 1. The predicted molar refractivity (Wildman–Crippen MR) is 51.3 cm³/mol. The molecular weight excluding hydrogens is 183 g/mol. The van der Waals surface area contributed by atoms with Crippen LogP contribution in [-0.2, 0) is 0 Å². The predicted octanol–water partition coefficient (Wildman–Crippen LogP) is -0.945. The number of H-pyrrole nitrogens is 1. The van der Waals surface area contributed by atoms with Gasteiger partial charge in [-0.25, -0.2) is 4.98 Å². The van der Waals surface area contributed by atoms with Gasteiger partial charge in [0.25, 0.3) is 0 Å². The van der Waals surface area contributed by atoms with Crippen LogP contribution in [0.1, 0.15) is 10.4 Å². The lowest BCUT2D eigenvalue weighted by atomic mass is 9.77. The van der Waals surface area contributed by atoms with Crippen LogP contribution in [0.15, 0.2) is 18.5 Å². The molecule has 6 heteroatoms. The first-order valence-electron chi connectivity index (χ1n) is 4.01. The lowest BCUT2D eigenvalue weighted by molar-refractivity contribution is 0.112. The second-order valence-corrected chi connectivity index (χ2v) is 2.86. The lowest BCUT2D eigenvalue weighted by Crippen LogP contribution is -2.33. The van der Waals surface area contributed by atoms with Gasteiger partial charge >= 0.3 is 7.12 Å². The maximum atomic E-state index is 10.8. The maximum absolute atomic E-state index is 10.8. The van der Waals surface area contributed by atoms with E-state index in [0.717, 1.165) is 0 Å². The molecule has 70 valence electrons. The van der Waals surface area contributed by atoms with E-state index >= 15 is 0 Å². The van der Waals surface area contributed by atoms with Gasteiger partial charge in [-0.2, -0.15) is 0 Å². The van der Waals surface area contributed by atoms with Gasteiger partial charge in [-0.3, -0.25) is 4.79 Å². The molecule has 1 aromatic heterocycles. The summed E-state index contributed by atoms with van der Waals surface area (Å²) in [5.74, 6) is 0. The second-order valence-electron chi connectivity index (χ2n) is 2.86. The zero-order valence-corrected chi connectivity index (χ0v) is 7.14. The molecule has 2 rings (SSSR count). The van der Waals surface area contributed by atoms with Crippen LogP contribution in [0.5, 0.6) is 0 Å². The van der Waals surface area contributed by atoms with E-state index in [1.165, 1.54) is 12.4 Å². The number of benzene rings is 1. The van der Waals surface area contributed by atoms with Crippen molar-refractivity contribution in [1.29, 1.82) is 0 Å². The van der Waals surface area contributed by atoms with Crippen molar-refractivity contribution in [3.8, 4) is 0 Å². The topological polar surface area (TPSA) is 86.2 Å². The molecule has 2 aromatic rings. The highest BCUT2D eigenvalue weighted by molar-refractivity contribution is 6.60. The van der Waals surface area contributed by atoms with Gasteiger partial charge in [0.15, 0.2) is 6.29 Å². The quantitative estimate of drug-likeness (QED) is 0.421. The molecule has 0 atom stereocenters. The zero-order chi connectivity index (χ0) is 10.1. The van der Waals surface area contributed by atoms with E-state index in [9.17, 15) is 4.79 Å². The van der Waals surface area contributed by atoms with Gasteiger partial charge in [0.05, 0.1) is 17.4 Å². The Morgan fingerprint density at radius 2 is 2.21 bits per heavy atom. The van der Waals surface area contributed by atoms with E-state index in [4.69, 9.17) is 10.0 Å². The summed E-state index contributed by atoms with van der Waals surface area (Å²) in [6, 6.07) is 3.12. The minimum atomic E-state index is -1.66. The Bertz CT molecular complexity index is 480. The first kappa shape index (κ1) is 8.92. The van der Waals surface area contributed by atoms with E-state index < -0.39 is 7.12 Å². The number of aldehydes is 1. The molecule has 0 saturated heterocycles. The number of hydrogen-bond acceptors (Lipinski definition) is 4. The number of nitrogens with zero attached hydrogens (tertiary/aromatic N) is 1. The van der Waals surface area contributed by atoms with E-state index in [-0.39, 0.29) is 11.0 Å². The Hall–Kier alpha value is -1.66. The Morgan fingerprint density at radius 1 is 1.43 bits per heavy atom. The number of aromatic amines is 1. The molecular formula is C8H7BN2O3. The van der Waals surface area contributed by atoms with Crippen LogP contribution in [0, 0.1) is 0 Å². The molecule has 0 unspecified atom stereocenters. The molecule has 0 amide bonds. The highest BCUT2D eigenvalue weighted by Crippen LogP contribution is 2.11. The third-order valence-corrected chi connectivity index (χ3v) is 2.06. The Labute approximate surface area is 79.5 Å². The number of imidazole rings is 1. The van der Waals surface area contributed by atoms with Crippen molar-refractivity contribution in [3.63, 3.8) is 0 Å². The molecule has 0 spiro atoms. The maximum Gasteiger partial charge on any atom is 0.489 e. The average molecular weight is 190 g/mol. The summed E-state index contributed by atoms with van der Waals surface area (Å²) in [6.45, 7) is 0. The molecule has 1 heterocycles. The number of nitrogens with one attached hydrogen (secondary N) is 1. The van der Waals surface area contributed by atoms with Crippen LogP contribution < -0.4 is 5.46 Å². The van der Waals surface area contributed by atoms with E-state index in [1.807, 2.05) is 0 Å². The van der Waals surface area contributed by atoms with Crippen molar-refractivity contribution in [3.05, 3.63) is 24.0 Å². The molecule has 0 aliphatic rings. The van der Waals surface area contributed by atoms with Crippen LogP contribution in [0.3, 0.4) is 0 Å². The number of aromatic nitrogens is 2. The van der Waals surface area contributed by atoms with Gasteiger partial charge in [0, 0.05) is 5.56 Å². The summed E-state index contributed by atoms with van der Waals surface area (Å²) < 4.78 is 0. The van der Waals surface area contributed by atoms with Gasteiger partial charge in [-0.15, -0.1) is 0 Å². The summed E-state index contributed by atoms with van der Waals surface area (Å²) in [5, 5.41) is 18.0. The summed E-state index contributed by atoms with van der Waals surface area (Å²) in [5.41, 5.74) is 1.51. The normalized spacial score (nSPS) is 10.4. The summed E-state index contributed by atoms with van der Waals surface area (Å²) in [4.78, 5) is 17.5. The standard InChI is InChI=1S/C8H7BN2O3/c12-3-5-6(9(13)14)1-2-7-8(5)11-4-10-7/h1-4,13-14H,(H,10,11). The van der Waals surface area contributed by atoms with Crippen molar-refractivity contribution in [2.45, 2.75) is 0 Å². The molecule has 0 aliphatic carbocycles. The number of carbonyl (C=O) groups excluding carboxylic acids is 1. The average Bonchev–Trinajstić information content (AvgIpc) is 2.63. The minimum absolute atomic E-state index is 0.166. The van der Waals surface area contributed by atoms with Gasteiger partial charge in [0.1, 0.15) is 0 Å². The van der Waals surface area contributed by atoms with Gasteiger partial charge < -0.3 is 15.0 Å². The Morgan fingerprint density at radius 3 is 2.86 bits per heavy atom. The van der Waals surface area contributed by atoms with Crippen molar-refractivity contribution in [1.82, 2.24) is 9.97 Å². The third kappa shape index (κ3) is 1.21. The third-order valence-electron chi connectivity index (χ3n) is 2.06. The highest BCUT2D eigenvalue weighted by atomic mass is 16.4. The van der Waals surface area contributed by atoms with Crippen LogP contribution in [0.4, 0.5) is 0 Å². The molecule has 0 fully saturated rings. The summed E-state index contributed by atoms with van der Waals surface area (Å²) in [7, 11) is -1.66. The fourth-order valence-electron chi connectivity index (χ4n) is 1.39. The summed E-state index contributed by atoms with van der Waals surface area (Å²) in [6.07, 6.45) is 2.02. The van der Waals surface area contributed by atoms with Crippen LogP contribution in [-0.4, -0.2) is 33.4 Å². The Balaban J connectivity index is 2.78. The molecule has 0 saturated carbocycles. The molecule has 0 bridgehead atoms.